The molecular weight excluding hydrogens is 450 g/mol. The smallest absolute Gasteiger partial charge is 0.273 e. The molecular formula is C24H29Cl2FN4O. The average Bonchev–Trinajstić information content (AvgIpc) is 3.08. The second kappa shape index (κ2) is 8.65. The molecule has 1 N–H and O–H groups in total. The number of piperazine rings is 1. The van der Waals surface area contributed by atoms with Crippen molar-refractivity contribution in [1.29, 1.82) is 0 Å². The number of nitrogens with one attached hydrogen (secondary N) is 1. The van der Waals surface area contributed by atoms with Gasteiger partial charge in [-0.1, -0.05) is 17.7 Å². The predicted molar refractivity (Wildman–Crippen MR) is 130 cm³/mol. The van der Waals surface area contributed by atoms with Gasteiger partial charge in [-0.25, -0.2) is 9.37 Å². The molecule has 2 aromatic heterocycles. The highest BCUT2D eigenvalue weighted by Crippen LogP contribution is 2.35. The first-order chi connectivity index (χ1) is 14.5. The van der Waals surface area contributed by atoms with Crippen LogP contribution in [0.25, 0.3) is 22.2 Å². The molecule has 0 atom stereocenters. The van der Waals surface area contributed by atoms with Gasteiger partial charge in [0.25, 0.3) is 5.91 Å². The molecule has 1 aliphatic heterocycles. The Balaban J connectivity index is 0.00000289. The summed E-state index contributed by atoms with van der Waals surface area (Å²) < 4.78 is 16.2. The van der Waals surface area contributed by atoms with Crippen molar-refractivity contribution in [3.05, 3.63) is 53.1 Å². The van der Waals surface area contributed by atoms with Crippen LogP contribution >= 0.6 is 24.0 Å². The number of fused-ring (bicyclic) bond motifs is 1. The maximum Gasteiger partial charge on any atom is 0.273 e. The van der Waals surface area contributed by atoms with Gasteiger partial charge in [-0.2, -0.15) is 0 Å². The topological polar surface area (TPSA) is 50.2 Å². The van der Waals surface area contributed by atoms with Gasteiger partial charge >= 0.3 is 0 Å². The van der Waals surface area contributed by atoms with Gasteiger partial charge in [0.15, 0.2) is 0 Å². The van der Waals surface area contributed by atoms with Gasteiger partial charge in [-0.15, -0.1) is 12.4 Å². The number of amides is 1. The monoisotopic (exact) mass is 478 g/mol. The first-order valence-corrected chi connectivity index (χ1v) is 10.9. The third kappa shape index (κ3) is 4.36. The number of aromatic nitrogens is 2. The second-order valence-electron chi connectivity index (χ2n) is 9.73. The van der Waals surface area contributed by atoms with E-state index in [4.69, 9.17) is 16.6 Å². The molecule has 0 aliphatic carbocycles. The predicted octanol–water partition coefficient (Wildman–Crippen LogP) is 5.50. The molecule has 0 radical (unpaired) electrons. The van der Waals surface area contributed by atoms with Crippen LogP contribution < -0.4 is 5.32 Å². The molecule has 172 valence electrons. The van der Waals surface area contributed by atoms with E-state index in [1.54, 1.807) is 18.2 Å². The number of carbonyl (C=O) groups is 1. The molecule has 1 aliphatic rings. The van der Waals surface area contributed by atoms with Crippen LogP contribution in [0.1, 0.15) is 45.1 Å². The molecule has 32 heavy (non-hydrogen) atoms. The van der Waals surface area contributed by atoms with E-state index in [2.05, 4.69) is 39.9 Å². The van der Waals surface area contributed by atoms with Crippen molar-refractivity contribution < 1.29 is 9.18 Å². The summed E-state index contributed by atoms with van der Waals surface area (Å²) >= 11 is 5.88. The summed E-state index contributed by atoms with van der Waals surface area (Å²) in [5.74, 6) is -0.536. The van der Waals surface area contributed by atoms with Gasteiger partial charge in [-0.3, -0.25) is 4.79 Å². The summed E-state index contributed by atoms with van der Waals surface area (Å²) in [5, 5.41) is 4.30. The van der Waals surface area contributed by atoms with E-state index in [1.165, 1.54) is 6.07 Å². The summed E-state index contributed by atoms with van der Waals surface area (Å²) in [4.78, 5) is 20.0. The Morgan fingerprint density at radius 1 is 1.22 bits per heavy atom. The van der Waals surface area contributed by atoms with E-state index in [-0.39, 0.29) is 34.4 Å². The molecule has 8 heteroatoms. The highest BCUT2D eigenvalue weighted by Gasteiger charge is 2.34. The van der Waals surface area contributed by atoms with Crippen molar-refractivity contribution in [2.75, 3.05) is 19.6 Å². The lowest BCUT2D eigenvalue weighted by molar-refractivity contribution is 0.0471. The minimum atomic E-state index is -0.462. The fourth-order valence-electron chi connectivity index (χ4n) is 4.12. The molecule has 1 aromatic carbocycles. The lowest BCUT2D eigenvalue weighted by Crippen LogP contribution is -2.59. The quantitative estimate of drug-likeness (QED) is 0.529. The summed E-state index contributed by atoms with van der Waals surface area (Å²) in [6.45, 7) is 12.5. The SMILES string of the molecule is CC1(C)CNCCN1C(=O)c1ccc2c(-c3ccc(Cl)c(F)c3)cn(C(C)(C)C)c2n1.Cl. The van der Waals surface area contributed by atoms with E-state index in [0.717, 1.165) is 29.6 Å². The van der Waals surface area contributed by atoms with Gasteiger partial charge in [0.05, 0.1) is 10.6 Å². The van der Waals surface area contributed by atoms with Gasteiger partial charge in [0.1, 0.15) is 17.2 Å². The van der Waals surface area contributed by atoms with Crippen LogP contribution in [-0.4, -0.2) is 45.5 Å². The Labute approximate surface area is 199 Å². The summed E-state index contributed by atoms with van der Waals surface area (Å²) in [7, 11) is 0. The first-order valence-electron chi connectivity index (χ1n) is 10.5. The van der Waals surface area contributed by atoms with Crippen LogP contribution in [0.3, 0.4) is 0 Å². The number of halogens is 3. The molecule has 3 aromatic rings. The third-order valence-corrected chi connectivity index (χ3v) is 6.18. The zero-order chi connectivity index (χ0) is 22.6. The zero-order valence-electron chi connectivity index (χ0n) is 19.0. The van der Waals surface area contributed by atoms with Crippen molar-refractivity contribution in [3.8, 4) is 11.1 Å². The molecule has 5 nitrogen and oxygen atoms in total. The molecule has 0 spiro atoms. The molecule has 1 saturated heterocycles. The maximum atomic E-state index is 14.1. The Bertz CT molecular complexity index is 1170. The zero-order valence-corrected chi connectivity index (χ0v) is 20.6. The van der Waals surface area contributed by atoms with Crippen LogP contribution in [0.4, 0.5) is 4.39 Å². The molecule has 1 fully saturated rings. The Kier molecular flexibility index (Phi) is 6.62. The highest BCUT2D eigenvalue weighted by molar-refractivity contribution is 6.30. The fourth-order valence-corrected chi connectivity index (χ4v) is 4.24. The van der Waals surface area contributed by atoms with Crippen LogP contribution in [0.2, 0.25) is 5.02 Å². The highest BCUT2D eigenvalue weighted by atomic mass is 35.5. The number of rotatable bonds is 2. The number of hydrogen-bond acceptors (Lipinski definition) is 3. The summed E-state index contributed by atoms with van der Waals surface area (Å²) in [5.41, 5.74) is 2.14. The first kappa shape index (κ1) is 24.5. The average molecular weight is 479 g/mol. The van der Waals surface area contributed by atoms with Gasteiger partial charge < -0.3 is 14.8 Å². The molecule has 0 bridgehead atoms. The molecule has 0 unspecified atom stereocenters. The number of nitrogens with zero attached hydrogens (tertiary/aromatic N) is 3. The Hall–Kier alpha value is -2.15. The molecule has 1 amide bonds. The van der Waals surface area contributed by atoms with Gasteiger partial charge in [0, 0.05) is 42.3 Å². The van der Waals surface area contributed by atoms with Crippen molar-refractivity contribution in [2.45, 2.75) is 45.7 Å². The lowest BCUT2D eigenvalue weighted by Gasteiger charge is -2.42. The van der Waals surface area contributed by atoms with Crippen LogP contribution in [0.15, 0.2) is 36.5 Å². The third-order valence-electron chi connectivity index (χ3n) is 5.87. The minimum absolute atomic E-state index is 0. The van der Waals surface area contributed by atoms with Crippen LogP contribution in [-0.2, 0) is 5.54 Å². The lowest BCUT2D eigenvalue weighted by atomic mass is 9.99. The fraction of sp³-hybridized carbons (Fsp3) is 0.417. The van der Waals surface area contributed by atoms with Crippen molar-refractivity contribution in [2.24, 2.45) is 0 Å². The molecule has 4 rings (SSSR count). The second-order valence-corrected chi connectivity index (χ2v) is 10.1. The number of benzene rings is 1. The van der Waals surface area contributed by atoms with Crippen LogP contribution in [0.5, 0.6) is 0 Å². The van der Waals surface area contributed by atoms with E-state index in [1.807, 2.05) is 21.7 Å². The van der Waals surface area contributed by atoms with Gasteiger partial charge in [-0.05, 0) is 64.4 Å². The standard InChI is InChI=1S/C24H28ClFN4O.ClH/c1-23(2,3)30-13-17(15-6-8-18(25)19(26)12-15)16-7-9-20(28-21(16)30)22(31)29-11-10-27-14-24(29,4)5;/h6-9,12-13,27H,10-11,14H2,1-5H3;1H. The number of carbonyl (C=O) groups excluding carboxylic acids is 1. The number of pyridine rings is 1. The summed E-state index contributed by atoms with van der Waals surface area (Å²) in [6, 6.07) is 8.48. The minimum Gasteiger partial charge on any atom is -0.330 e. The number of hydrogen-bond donors (Lipinski definition) is 1. The Morgan fingerprint density at radius 2 is 1.94 bits per heavy atom. The molecule has 3 heterocycles. The van der Waals surface area contributed by atoms with E-state index >= 15 is 0 Å². The van der Waals surface area contributed by atoms with Crippen molar-refractivity contribution >= 4 is 40.9 Å². The van der Waals surface area contributed by atoms with Gasteiger partial charge in [0.2, 0.25) is 0 Å². The summed E-state index contributed by atoms with van der Waals surface area (Å²) in [6.07, 6.45) is 1.98. The normalized spacial score (nSPS) is 16.2. The van der Waals surface area contributed by atoms with E-state index < -0.39 is 5.82 Å². The largest absolute Gasteiger partial charge is 0.330 e. The molecule has 0 saturated carbocycles. The van der Waals surface area contributed by atoms with Crippen LogP contribution in [0, 0.1) is 5.82 Å². The van der Waals surface area contributed by atoms with E-state index in [0.29, 0.717) is 17.9 Å². The van der Waals surface area contributed by atoms with Crippen molar-refractivity contribution in [1.82, 2.24) is 19.8 Å². The maximum absolute atomic E-state index is 14.1. The van der Waals surface area contributed by atoms with E-state index in [9.17, 15) is 9.18 Å². The van der Waals surface area contributed by atoms with Crippen molar-refractivity contribution in [3.63, 3.8) is 0 Å². The Morgan fingerprint density at radius 3 is 2.56 bits per heavy atom.